The van der Waals surface area contributed by atoms with E-state index in [1.807, 2.05) is 73.7 Å². The molecule has 0 unspecified atom stereocenters. The monoisotopic (exact) mass is 566 g/mol. The summed E-state index contributed by atoms with van der Waals surface area (Å²) in [6, 6.07) is 22.4. The maximum absolute atomic E-state index is 13.9. The van der Waals surface area contributed by atoms with E-state index in [0.717, 1.165) is 12.0 Å². The molecule has 0 saturated carbocycles. The summed E-state index contributed by atoms with van der Waals surface area (Å²) in [5.41, 5.74) is 1.05. The Hall–Kier alpha value is -3.32. The fraction of sp³-hybridized carbons (Fsp3) is 0.290. The average Bonchev–Trinajstić information content (AvgIpc) is 3.33. The van der Waals surface area contributed by atoms with Crippen LogP contribution >= 0.6 is 23.2 Å². The van der Waals surface area contributed by atoms with E-state index >= 15 is 0 Å². The number of carbonyl (C=O) groups excluding carboxylic acids is 1. The standard InChI is InChI=1S/C31H32Cl2N2O4/c1-2-18-34-30(37)31(17-6-10-22-8-4-3-5-9-22)28(26-16-13-24(32)21-27(26)33)39-29(35-31)23-11-14-25(15-12-23)38-20-7-19-36/h3-6,8-16,21,28,36H,2,7,17-20H2,1H3,(H,34,37)/b10-6+/t28-,31-/m1/s1. The zero-order chi connectivity index (χ0) is 27.7. The van der Waals surface area contributed by atoms with E-state index < -0.39 is 11.6 Å². The molecule has 1 aliphatic rings. The minimum absolute atomic E-state index is 0.0677. The van der Waals surface area contributed by atoms with Gasteiger partial charge in [0.05, 0.1) is 6.61 Å². The topological polar surface area (TPSA) is 80.2 Å². The van der Waals surface area contributed by atoms with E-state index in [9.17, 15) is 4.79 Å². The van der Waals surface area contributed by atoms with E-state index in [4.69, 9.17) is 42.8 Å². The van der Waals surface area contributed by atoms with Crippen LogP contribution in [0, 0.1) is 0 Å². The first kappa shape index (κ1) is 28.7. The van der Waals surface area contributed by atoms with Crippen molar-refractivity contribution in [2.45, 2.75) is 37.8 Å². The van der Waals surface area contributed by atoms with Gasteiger partial charge < -0.3 is 19.9 Å². The molecule has 8 heteroatoms. The van der Waals surface area contributed by atoms with Crippen LogP contribution in [0.2, 0.25) is 10.0 Å². The van der Waals surface area contributed by atoms with Crippen LogP contribution in [0.5, 0.6) is 5.75 Å². The number of amides is 1. The second-order valence-corrected chi connectivity index (χ2v) is 10.1. The van der Waals surface area contributed by atoms with Crippen molar-refractivity contribution < 1.29 is 19.4 Å². The minimum atomic E-state index is -1.30. The average molecular weight is 568 g/mol. The first-order valence-electron chi connectivity index (χ1n) is 13.0. The number of aliphatic hydroxyl groups is 1. The van der Waals surface area contributed by atoms with Gasteiger partial charge in [0.25, 0.3) is 5.91 Å². The van der Waals surface area contributed by atoms with E-state index in [1.165, 1.54) is 0 Å². The van der Waals surface area contributed by atoms with E-state index in [1.54, 1.807) is 18.2 Å². The van der Waals surface area contributed by atoms with Gasteiger partial charge >= 0.3 is 0 Å². The summed E-state index contributed by atoms with van der Waals surface area (Å²) in [5, 5.41) is 12.9. The SMILES string of the molecule is CCCNC(=O)[C@]1(C/C=C/c2ccccc2)N=C(c2ccc(OCCCO)cc2)O[C@@H]1c1ccc(Cl)cc1Cl. The van der Waals surface area contributed by atoms with Crippen molar-refractivity contribution in [3.8, 4) is 5.75 Å². The summed E-state index contributed by atoms with van der Waals surface area (Å²) >= 11 is 12.8. The molecule has 6 nitrogen and oxygen atoms in total. The van der Waals surface area contributed by atoms with Gasteiger partial charge in [0.1, 0.15) is 5.75 Å². The number of aliphatic hydroxyl groups excluding tert-OH is 1. The predicted molar refractivity (Wildman–Crippen MR) is 157 cm³/mol. The third kappa shape index (κ3) is 7.01. The van der Waals surface area contributed by atoms with E-state index in [0.29, 0.717) is 52.4 Å². The van der Waals surface area contributed by atoms with Crippen molar-refractivity contribution in [2.24, 2.45) is 4.99 Å². The third-order valence-electron chi connectivity index (χ3n) is 6.35. The molecule has 0 radical (unpaired) electrons. The van der Waals surface area contributed by atoms with Gasteiger partial charge in [0.15, 0.2) is 11.6 Å². The molecule has 0 saturated heterocycles. The first-order valence-corrected chi connectivity index (χ1v) is 13.8. The van der Waals surface area contributed by atoms with Crippen molar-refractivity contribution >= 4 is 41.1 Å². The third-order valence-corrected chi connectivity index (χ3v) is 6.91. The lowest BCUT2D eigenvalue weighted by molar-refractivity contribution is -0.128. The number of nitrogens with zero attached hydrogens (tertiary/aromatic N) is 1. The van der Waals surface area contributed by atoms with Crippen LogP contribution in [0.15, 0.2) is 83.9 Å². The highest BCUT2D eigenvalue weighted by molar-refractivity contribution is 6.35. The van der Waals surface area contributed by atoms with Gasteiger partial charge in [-0.2, -0.15) is 0 Å². The Balaban J connectivity index is 1.75. The van der Waals surface area contributed by atoms with E-state index in [2.05, 4.69) is 5.32 Å². The maximum atomic E-state index is 13.9. The van der Waals surface area contributed by atoms with Crippen LogP contribution < -0.4 is 10.1 Å². The predicted octanol–water partition coefficient (Wildman–Crippen LogP) is 6.64. The molecule has 3 aromatic rings. The Kier molecular flexibility index (Phi) is 10.0. The van der Waals surface area contributed by atoms with Crippen molar-refractivity contribution in [1.29, 1.82) is 0 Å². The number of hydrogen-bond acceptors (Lipinski definition) is 5. The lowest BCUT2D eigenvalue weighted by atomic mass is 9.84. The fourth-order valence-corrected chi connectivity index (χ4v) is 4.84. The number of hydrogen-bond donors (Lipinski definition) is 2. The summed E-state index contributed by atoms with van der Waals surface area (Å²) in [7, 11) is 0. The highest BCUT2D eigenvalue weighted by atomic mass is 35.5. The highest BCUT2D eigenvalue weighted by Crippen LogP contribution is 2.45. The second kappa shape index (κ2) is 13.7. The number of rotatable bonds is 12. The zero-order valence-electron chi connectivity index (χ0n) is 21.8. The molecule has 0 fully saturated rings. The highest BCUT2D eigenvalue weighted by Gasteiger charge is 2.53. The van der Waals surface area contributed by atoms with Crippen LogP contribution in [0.3, 0.4) is 0 Å². The summed E-state index contributed by atoms with van der Waals surface area (Å²) in [6.07, 6.45) is 4.76. The fourth-order valence-electron chi connectivity index (χ4n) is 4.34. The molecule has 0 bridgehead atoms. The number of aliphatic imine (C=N–C) groups is 1. The molecule has 0 spiro atoms. The molecule has 3 aromatic carbocycles. The van der Waals surface area contributed by atoms with Gasteiger partial charge in [-0.05, 0) is 48.4 Å². The lowest BCUT2D eigenvalue weighted by Gasteiger charge is -2.30. The van der Waals surface area contributed by atoms with Gasteiger partial charge in [-0.3, -0.25) is 4.79 Å². The summed E-state index contributed by atoms with van der Waals surface area (Å²) in [4.78, 5) is 18.8. The molecule has 1 aliphatic heterocycles. The van der Waals surface area contributed by atoms with Crippen LogP contribution in [0.4, 0.5) is 0 Å². The van der Waals surface area contributed by atoms with Gasteiger partial charge in [0, 0.05) is 47.2 Å². The molecule has 0 aliphatic carbocycles. The quantitative estimate of drug-likeness (QED) is 0.241. The van der Waals surface area contributed by atoms with Crippen molar-refractivity contribution in [2.75, 3.05) is 19.8 Å². The molecule has 1 heterocycles. The summed E-state index contributed by atoms with van der Waals surface area (Å²) in [6.45, 7) is 2.99. The van der Waals surface area contributed by atoms with Crippen molar-refractivity contribution in [3.05, 3.63) is 106 Å². The van der Waals surface area contributed by atoms with Gasteiger partial charge in [-0.15, -0.1) is 0 Å². The molecular weight excluding hydrogens is 535 g/mol. The molecule has 2 atom stereocenters. The summed E-state index contributed by atoms with van der Waals surface area (Å²) < 4.78 is 12.1. The minimum Gasteiger partial charge on any atom is -0.494 e. The van der Waals surface area contributed by atoms with Crippen LogP contribution in [0.1, 0.15) is 49.0 Å². The van der Waals surface area contributed by atoms with Crippen molar-refractivity contribution in [3.63, 3.8) is 0 Å². The normalized spacial score (nSPS) is 18.6. The van der Waals surface area contributed by atoms with Crippen LogP contribution in [-0.4, -0.2) is 42.2 Å². The molecule has 0 aromatic heterocycles. The van der Waals surface area contributed by atoms with Gasteiger partial charge in [-0.25, -0.2) is 4.99 Å². The molecule has 4 rings (SSSR count). The molecular formula is C31H32Cl2N2O4. The van der Waals surface area contributed by atoms with Crippen LogP contribution in [-0.2, 0) is 9.53 Å². The molecule has 204 valence electrons. The Labute approximate surface area is 239 Å². The molecule has 1 amide bonds. The number of carbonyl (C=O) groups is 1. The number of halogens is 2. The van der Waals surface area contributed by atoms with Crippen molar-refractivity contribution in [1.82, 2.24) is 5.32 Å². The molecule has 39 heavy (non-hydrogen) atoms. The van der Waals surface area contributed by atoms with Crippen LogP contribution in [0.25, 0.3) is 6.08 Å². The summed E-state index contributed by atoms with van der Waals surface area (Å²) in [5.74, 6) is 0.769. The maximum Gasteiger partial charge on any atom is 0.252 e. The van der Waals surface area contributed by atoms with Gasteiger partial charge in [0.2, 0.25) is 5.90 Å². The van der Waals surface area contributed by atoms with Gasteiger partial charge in [-0.1, -0.05) is 78.7 Å². The first-order chi connectivity index (χ1) is 19.0. The van der Waals surface area contributed by atoms with E-state index in [-0.39, 0.29) is 18.9 Å². The Bertz CT molecular complexity index is 1310. The Morgan fingerprint density at radius 3 is 2.59 bits per heavy atom. The number of nitrogens with one attached hydrogen (secondary N) is 1. The zero-order valence-corrected chi connectivity index (χ0v) is 23.3. The Morgan fingerprint density at radius 1 is 1.13 bits per heavy atom. The second-order valence-electron chi connectivity index (χ2n) is 9.23. The largest absolute Gasteiger partial charge is 0.494 e. The smallest absolute Gasteiger partial charge is 0.252 e. The Morgan fingerprint density at radius 2 is 1.90 bits per heavy atom. The number of benzene rings is 3. The molecule has 2 N–H and O–H groups in total. The number of ether oxygens (including phenoxy) is 2. The lowest BCUT2D eigenvalue weighted by Crippen LogP contribution is -2.48.